The number of benzene rings is 1. The maximum absolute atomic E-state index is 13.5. The molecular weight excluding hydrogens is 311 g/mol. The van der Waals surface area contributed by atoms with E-state index in [0.29, 0.717) is 30.2 Å². The number of rotatable bonds is 6. The van der Waals surface area contributed by atoms with E-state index in [9.17, 15) is 9.18 Å². The average molecular weight is 326 g/mol. The number of aromatic nitrogens is 2. The van der Waals surface area contributed by atoms with Crippen LogP contribution in [0, 0.1) is 5.82 Å². The highest BCUT2D eigenvalue weighted by molar-refractivity contribution is 6.01. The Hall–Kier alpha value is -3.22. The van der Waals surface area contributed by atoms with Crippen LogP contribution in [0.2, 0.25) is 0 Å². The SMILES string of the molecule is O=C(Nc1ccc(NCCc2ccccc2F)nn1)c1ccco1. The maximum Gasteiger partial charge on any atom is 0.292 e. The topological polar surface area (TPSA) is 80.0 Å². The van der Waals surface area contributed by atoms with Gasteiger partial charge in [-0.1, -0.05) is 18.2 Å². The Morgan fingerprint density at radius 3 is 2.54 bits per heavy atom. The Morgan fingerprint density at radius 2 is 1.83 bits per heavy atom. The number of furan rings is 1. The van der Waals surface area contributed by atoms with Gasteiger partial charge in [-0.2, -0.15) is 0 Å². The van der Waals surface area contributed by atoms with Crippen LogP contribution in [0.15, 0.2) is 59.2 Å². The number of nitrogens with zero attached hydrogens (tertiary/aromatic N) is 2. The third kappa shape index (κ3) is 3.95. The van der Waals surface area contributed by atoms with Crippen LogP contribution >= 0.6 is 0 Å². The van der Waals surface area contributed by atoms with Gasteiger partial charge < -0.3 is 15.1 Å². The van der Waals surface area contributed by atoms with Crippen molar-refractivity contribution in [2.75, 3.05) is 17.2 Å². The second-order valence-electron chi connectivity index (χ2n) is 5.00. The molecule has 7 heteroatoms. The van der Waals surface area contributed by atoms with Gasteiger partial charge in [0.2, 0.25) is 0 Å². The highest BCUT2D eigenvalue weighted by Gasteiger charge is 2.09. The molecule has 122 valence electrons. The minimum atomic E-state index is -0.394. The molecule has 0 radical (unpaired) electrons. The molecule has 2 aromatic heterocycles. The third-order valence-electron chi connectivity index (χ3n) is 3.31. The summed E-state index contributed by atoms with van der Waals surface area (Å²) < 4.78 is 18.5. The van der Waals surface area contributed by atoms with E-state index >= 15 is 0 Å². The fourth-order valence-corrected chi connectivity index (χ4v) is 2.11. The first kappa shape index (κ1) is 15.7. The summed E-state index contributed by atoms with van der Waals surface area (Å²) in [5, 5.41) is 13.5. The lowest BCUT2D eigenvalue weighted by Gasteiger charge is -2.07. The molecule has 1 aromatic carbocycles. The molecule has 0 fully saturated rings. The number of amides is 1. The molecule has 0 saturated carbocycles. The molecule has 0 unspecified atom stereocenters. The summed E-state index contributed by atoms with van der Waals surface area (Å²) >= 11 is 0. The van der Waals surface area contributed by atoms with Crippen molar-refractivity contribution in [2.45, 2.75) is 6.42 Å². The van der Waals surface area contributed by atoms with Gasteiger partial charge in [0.25, 0.3) is 5.91 Å². The zero-order valence-corrected chi connectivity index (χ0v) is 12.7. The minimum absolute atomic E-state index is 0.198. The molecule has 6 nitrogen and oxygen atoms in total. The van der Waals surface area contributed by atoms with E-state index < -0.39 is 5.91 Å². The van der Waals surface area contributed by atoms with Gasteiger partial charge in [0, 0.05) is 6.54 Å². The summed E-state index contributed by atoms with van der Waals surface area (Å²) in [6.45, 7) is 0.522. The predicted molar refractivity (Wildman–Crippen MR) is 87.3 cm³/mol. The Kier molecular flexibility index (Phi) is 4.81. The van der Waals surface area contributed by atoms with E-state index in [1.54, 1.807) is 42.5 Å². The van der Waals surface area contributed by atoms with Crippen LogP contribution in [-0.4, -0.2) is 22.6 Å². The number of carbonyl (C=O) groups excluding carboxylic acids is 1. The van der Waals surface area contributed by atoms with Crippen LogP contribution in [0.3, 0.4) is 0 Å². The van der Waals surface area contributed by atoms with Crippen LogP contribution in [0.1, 0.15) is 16.1 Å². The van der Waals surface area contributed by atoms with Crippen molar-refractivity contribution in [3.05, 3.63) is 71.9 Å². The van der Waals surface area contributed by atoms with Crippen molar-refractivity contribution in [3.63, 3.8) is 0 Å². The molecule has 0 spiro atoms. The number of anilines is 2. The normalized spacial score (nSPS) is 10.4. The van der Waals surface area contributed by atoms with Crippen LogP contribution in [0.4, 0.5) is 16.0 Å². The monoisotopic (exact) mass is 326 g/mol. The molecule has 2 heterocycles. The molecular formula is C17H15FN4O2. The van der Waals surface area contributed by atoms with Gasteiger partial charge in [-0.3, -0.25) is 4.79 Å². The van der Waals surface area contributed by atoms with Gasteiger partial charge in [0.05, 0.1) is 6.26 Å². The Balaban J connectivity index is 1.51. The van der Waals surface area contributed by atoms with Crippen LogP contribution < -0.4 is 10.6 Å². The van der Waals surface area contributed by atoms with Gasteiger partial charge in [0.15, 0.2) is 11.6 Å². The second kappa shape index (κ2) is 7.36. The number of nitrogens with one attached hydrogen (secondary N) is 2. The number of hydrogen-bond donors (Lipinski definition) is 2. The molecule has 0 aliphatic rings. The Morgan fingerprint density at radius 1 is 1.04 bits per heavy atom. The fourth-order valence-electron chi connectivity index (χ4n) is 2.11. The molecule has 3 aromatic rings. The third-order valence-corrected chi connectivity index (χ3v) is 3.31. The molecule has 1 amide bonds. The fraction of sp³-hybridized carbons (Fsp3) is 0.118. The summed E-state index contributed by atoms with van der Waals surface area (Å²) in [7, 11) is 0. The number of hydrogen-bond acceptors (Lipinski definition) is 5. The van der Waals surface area contributed by atoms with E-state index in [-0.39, 0.29) is 11.6 Å². The summed E-state index contributed by atoms with van der Waals surface area (Å²) in [5.41, 5.74) is 0.639. The molecule has 3 rings (SSSR count). The van der Waals surface area contributed by atoms with Crippen LogP contribution in [0.5, 0.6) is 0 Å². The zero-order chi connectivity index (χ0) is 16.8. The molecule has 0 bridgehead atoms. The summed E-state index contributed by atoms with van der Waals surface area (Å²) in [4.78, 5) is 11.8. The first-order valence-electron chi connectivity index (χ1n) is 7.38. The zero-order valence-electron chi connectivity index (χ0n) is 12.7. The van der Waals surface area contributed by atoms with Crippen LogP contribution in [-0.2, 0) is 6.42 Å². The largest absolute Gasteiger partial charge is 0.459 e. The van der Waals surface area contributed by atoms with Gasteiger partial charge in [-0.05, 0) is 42.3 Å². The number of halogens is 1. The lowest BCUT2D eigenvalue weighted by molar-refractivity contribution is 0.0996. The summed E-state index contributed by atoms with van der Waals surface area (Å²) in [6, 6.07) is 13.1. The molecule has 0 atom stereocenters. The Labute approximate surface area is 137 Å². The molecule has 0 saturated heterocycles. The molecule has 0 aliphatic carbocycles. The lowest BCUT2D eigenvalue weighted by Crippen LogP contribution is -2.13. The first-order chi connectivity index (χ1) is 11.7. The van der Waals surface area contributed by atoms with E-state index in [4.69, 9.17) is 4.42 Å². The van der Waals surface area contributed by atoms with Crippen molar-refractivity contribution in [2.24, 2.45) is 0 Å². The maximum atomic E-state index is 13.5. The van der Waals surface area contributed by atoms with Gasteiger partial charge in [-0.25, -0.2) is 4.39 Å². The highest BCUT2D eigenvalue weighted by atomic mass is 19.1. The van der Waals surface area contributed by atoms with E-state index in [2.05, 4.69) is 20.8 Å². The highest BCUT2D eigenvalue weighted by Crippen LogP contribution is 2.10. The van der Waals surface area contributed by atoms with E-state index in [0.717, 1.165) is 0 Å². The van der Waals surface area contributed by atoms with Crippen molar-refractivity contribution < 1.29 is 13.6 Å². The van der Waals surface area contributed by atoms with Gasteiger partial charge >= 0.3 is 0 Å². The predicted octanol–water partition coefficient (Wildman–Crippen LogP) is 3.12. The molecule has 0 aliphatic heterocycles. The summed E-state index contributed by atoms with van der Waals surface area (Å²) in [5.74, 6) is 0.443. The van der Waals surface area contributed by atoms with Crippen molar-refractivity contribution in [1.82, 2.24) is 10.2 Å². The van der Waals surface area contributed by atoms with Gasteiger partial charge in [-0.15, -0.1) is 10.2 Å². The van der Waals surface area contributed by atoms with Crippen molar-refractivity contribution in [3.8, 4) is 0 Å². The van der Waals surface area contributed by atoms with E-state index in [1.165, 1.54) is 12.3 Å². The Bertz CT molecular complexity index is 804. The van der Waals surface area contributed by atoms with Crippen molar-refractivity contribution in [1.29, 1.82) is 0 Å². The minimum Gasteiger partial charge on any atom is -0.459 e. The standard InChI is InChI=1S/C17H15FN4O2/c18-13-5-2-1-4-12(13)9-10-19-15-7-8-16(22-21-15)20-17(23)14-6-3-11-24-14/h1-8,11H,9-10H2,(H,19,21)(H,20,22,23). The average Bonchev–Trinajstić information content (AvgIpc) is 3.13. The molecule has 2 N–H and O–H groups in total. The van der Waals surface area contributed by atoms with Gasteiger partial charge in [0.1, 0.15) is 11.6 Å². The quantitative estimate of drug-likeness (QED) is 0.727. The van der Waals surface area contributed by atoms with E-state index in [1.807, 2.05) is 0 Å². The smallest absolute Gasteiger partial charge is 0.292 e. The second-order valence-corrected chi connectivity index (χ2v) is 5.00. The lowest BCUT2D eigenvalue weighted by atomic mass is 10.1. The molecule has 24 heavy (non-hydrogen) atoms. The summed E-state index contributed by atoms with van der Waals surface area (Å²) in [6.07, 6.45) is 1.95. The number of carbonyl (C=O) groups is 1. The van der Waals surface area contributed by atoms with Crippen molar-refractivity contribution >= 4 is 17.5 Å². The van der Waals surface area contributed by atoms with Crippen LogP contribution in [0.25, 0.3) is 0 Å². The first-order valence-corrected chi connectivity index (χ1v) is 7.38.